The minimum Gasteiger partial charge on any atom is -0.493 e. The van der Waals surface area contributed by atoms with Crippen molar-refractivity contribution in [2.45, 2.75) is 19.3 Å². The summed E-state index contributed by atoms with van der Waals surface area (Å²) in [6.45, 7) is 6.30. The highest BCUT2D eigenvalue weighted by Crippen LogP contribution is 2.32. The molecule has 1 saturated heterocycles. The summed E-state index contributed by atoms with van der Waals surface area (Å²) < 4.78 is 10.8. The van der Waals surface area contributed by atoms with Gasteiger partial charge in [-0.2, -0.15) is 0 Å². The second kappa shape index (κ2) is 8.54. The fourth-order valence-electron chi connectivity index (χ4n) is 3.65. The van der Waals surface area contributed by atoms with E-state index in [0.29, 0.717) is 6.42 Å². The van der Waals surface area contributed by atoms with Crippen LogP contribution < -0.4 is 14.8 Å². The number of carbonyl (C=O) groups excluding carboxylic acids is 1. The van der Waals surface area contributed by atoms with Crippen molar-refractivity contribution in [1.29, 1.82) is 0 Å². The summed E-state index contributed by atoms with van der Waals surface area (Å²) in [6, 6.07) is 4.20. The van der Waals surface area contributed by atoms with E-state index < -0.39 is 0 Å². The van der Waals surface area contributed by atoms with Gasteiger partial charge in [0.2, 0.25) is 5.91 Å². The number of nitrogens with zero attached hydrogens (tertiary/aromatic N) is 2. The molecular formula is C19H29N3O3. The number of ether oxygens (including phenoxy) is 2. The molecule has 1 aromatic rings. The zero-order valence-electron chi connectivity index (χ0n) is 15.3. The number of piperazine rings is 1. The topological polar surface area (TPSA) is 54.0 Å². The van der Waals surface area contributed by atoms with Crippen molar-refractivity contribution in [3.05, 3.63) is 23.3 Å². The summed E-state index contributed by atoms with van der Waals surface area (Å²) in [5.74, 6) is 1.87. The van der Waals surface area contributed by atoms with Gasteiger partial charge in [-0.05, 0) is 36.1 Å². The molecule has 3 rings (SSSR count). The molecule has 6 heteroatoms. The molecule has 0 aromatic heterocycles. The maximum absolute atomic E-state index is 12.4. The van der Waals surface area contributed by atoms with Crippen molar-refractivity contribution in [2.75, 3.05) is 60.0 Å². The third-order valence-corrected chi connectivity index (χ3v) is 5.21. The van der Waals surface area contributed by atoms with Crippen LogP contribution in [0, 0.1) is 0 Å². The van der Waals surface area contributed by atoms with Crippen molar-refractivity contribution in [3.63, 3.8) is 0 Å². The minimum atomic E-state index is 0.284. The molecule has 0 bridgehead atoms. The molecule has 1 N–H and O–H groups in total. The Balaban J connectivity index is 1.55. The van der Waals surface area contributed by atoms with E-state index in [1.165, 1.54) is 11.1 Å². The standard InChI is InChI=1S/C19H29N3O3/c1-24-17-13-15-3-8-21(9-4-16(15)14-18(17)25-2)10-5-19(23)22-11-6-20-7-12-22/h13-14,20H,3-12H2,1-2H3. The molecule has 2 heterocycles. The number of rotatable bonds is 5. The average Bonchev–Trinajstić information content (AvgIpc) is 2.87. The molecule has 1 amide bonds. The number of amides is 1. The molecule has 138 valence electrons. The van der Waals surface area contributed by atoms with Gasteiger partial charge in [-0.3, -0.25) is 4.79 Å². The van der Waals surface area contributed by atoms with Crippen LogP contribution in [-0.2, 0) is 17.6 Å². The molecule has 0 unspecified atom stereocenters. The molecular weight excluding hydrogens is 318 g/mol. The Kier molecular flexibility index (Phi) is 6.15. The summed E-state index contributed by atoms with van der Waals surface area (Å²) in [5, 5.41) is 3.29. The Hall–Kier alpha value is -1.79. The van der Waals surface area contributed by atoms with Crippen LogP contribution in [-0.4, -0.2) is 75.7 Å². The molecule has 0 radical (unpaired) electrons. The summed E-state index contributed by atoms with van der Waals surface area (Å²) >= 11 is 0. The highest BCUT2D eigenvalue weighted by Gasteiger charge is 2.20. The normalized spacial score (nSPS) is 18.4. The van der Waals surface area contributed by atoms with E-state index >= 15 is 0 Å². The van der Waals surface area contributed by atoms with Crippen LogP contribution in [0.1, 0.15) is 17.5 Å². The van der Waals surface area contributed by atoms with Gasteiger partial charge in [0.05, 0.1) is 14.2 Å². The first-order valence-electron chi connectivity index (χ1n) is 9.16. The summed E-state index contributed by atoms with van der Waals surface area (Å²) in [4.78, 5) is 16.7. The molecule has 2 aliphatic rings. The third kappa shape index (κ3) is 4.44. The van der Waals surface area contributed by atoms with E-state index in [1.807, 2.05) is 4.90 Å². The molecule has 0 saturated carbocycles. The number of fused-ring (bicyclic) bond motifs is 1. The molecule has 1 fully saturated rings. The van der Waals surface area contributed by atoms with Crippen LogP contribution in [0.3, 0.4) is 0 Å². The zero-order valence-corrected chi connectivity index (χ0v) is 15.3. The number of hydrogen-bond acceptors (Lipinski definition) is 5. The monoisotopic (exact) mass is 347 g/mol. The van der Waals surface area contributed by atoms with Gasteiger partial charge < -0.3 is 24.6 Å². The first kappa shape index (κ1) is 18.0. The van der Waals surface area contributed by atoms with Gasteiger partial charge in [-0.25, -0.2) is 0 Å². The molecule has 0 atom stereocenters. The van der Waals surface area contributed by atoms with Gasteiger partial charge >= 0.3 is 0 Å². The van der Waals surface area contributed by atoms with Gasteiger partial charge in [0.25, 0.3) is 0 Å². The van der Waals surface area contributed by atoms with Crippen LogP contribution >= 0.6 is 0 Å². The number of hydrogen-bond donors (Lipinski definition) is 1. The summed E-state index contributed by atoms with van der Waals surface area (Å²) in [5.41, 5.74) is 2.65. The molecule has 0 spiro atoms. The largest absolute Gasteiger partial charge is 0.493 e. The SMILES string of the molecule is COc1cc2c(cc1OC)CCN(CCC(=O)N1CCNCC1)CC2. The lowest BCUT2D eigenvalue weighted by atomic mass is 10.0. The van der Waals surface area contributed by atoms with Gasteiger partial charge in [0.1, 0.15) is 0 Å². The van der Waals surface area contributed by atoms with Crippen molar-refractivity contribution < 1.29 is 14.3 Å². The van der Waals surface area contributed by atoms with Crippen LogP contribution in [0.4, 0.5) is 0 Å². The average molecular weight is 347 g/mol. The van der Waals surface area contributed by atoms with Crippen molar-refractivity contribution in [2.24, 2.45) is 0 Å². The zero-order chi connectivity index (χ0) is 17.6. The van der Waals surface area contributed by atoms with E-state index in [0.717, 1.165) is 70.2 Å². The second-order valence-electron chi connectivity index (χ2n) is 6.70. The number of methoxy groups -OCH3 is 2. The Morgan fingerprint density at radius 3 is 2.08 bits per heavy atom. The predicted octanol–water partition coefficient (Wildman–Crippen LogP) is 0.926. The highest BCUT2D eigenvalue weighted by atomic mass is 16.5. The molecule has 0 aliphatic carbocycles. The van der Waals surface area contributed by atoms with Crippen LogP contribution in [0.15, 0.2) is 12.1 Å². The van der Waals surface area contributed by atoms with Gasteiger partial charge in [-0.15, -0.1) is 0 Å². The molecule has 6 nitrogen and oxygen atoms in total. The van der Waals surface area contributed by atoms with Crippen molar-refractivity contribution in [3.8, 4) is 11.5 Å². The Morgan fingerprint density at radius 2 is 1.56 bits per heavy atom. The predicted molar refractivity (Wildman–Crippen MR) is 97.5 cm³/mol. The van der Waals surface area contributed by atoms with Crippen molar-refractivity contribution in [1.82, 2.24) is 15.1 Å². The Bertz CT molecular complexity index is 565. The van der Waals surface area contributed by atoms with E-state index in [1.54, 1.807) is 14.2 Å². The molecule has 1 aromatic carbocycles. The van der Waals surface area contributed by atoms with Gasteiger partial charge in [-0.1, -0.05) is 0 Å². The lowest BCUT2D eigenvalue weighted by Gasteiger charge is -2.28. The Morgan fingerprint density at radius 1 is 1.00 bits per heavy atom. The summed E-state index contributed by atoms with van der Waals surface area (Å²) in [6.07, 6.45) is 2.58. The smallest absolute Gasteiger partial charge is 0.223 e. The fourth-order valence-corrected chi connectivity index (χ4v) is 3.65. The van der Waals surface area contributed by atoms with E-state index in [-0.39, 0.29) is 5.91 Å². The first-order chi connectivity index (χ1) is 12.2. The van der Waals surface area contributed by atoms with Crippen LogP contribution in [0.5, 0.6) is 11.5 Å². The van der Waals surface area contributed by atoms with Gasteiger partial charge in [0.15, 0.2) is 11.5 Å². The number of benzene rings is 1. The van der Waals surface area contributed by atoms with E-state index in [2.05, 4.69) is 22.3 Å². The van der Waals surface area contributed by atoms with E-state index in [4.69, 9.17) is 9.47 Å². The first-order valence-corrected chi connectivity index (χ1v) is 9.16. The van der Waals surface area contributed by atoms with Crippen LogP contribution in [0.25, 0.3) is 0 Å². The van der Waals surface area contributed by atoms with E-state index in [9.17, 15) is 4.79 Å². The minimum absolute atomic E-state index is 0.284. The summed E-state index contributed by atoms with van der Waals surface area (Å²) in [7, 11) is 3.35. The van der Waals surface area contributed by atoms with Gasteiger partial charge in [0, 0.05) is 52.2 Å². The maximum atomic E-state index is 12.4. The lowest BCUT2D eigenvalue weighted by molar-refractivity contribution is -0.132. The fraction of sp³-hybridized carbons (Fsp3) is 0.632. The number of carbonyl (C=O) groups is 1. The maximum Gasteiger partial charge on any atom is 0.223 e. The third-order valence-electron chi connectivity index (χ3n) is 5.21. The second-order valence-corrected chi connectivity index (χ2v) is 6.70. The van der Waals surface area contributed by atoms with Crippen LogP contribution in [0.2, 0.25) is 0 Å². The molecule has 25 heavy (non-hydrogen) atoms. The lowest BCUT2D eigenvalue weighted by Crippen LogP contribution is -2.47. The Labute approximate surface area is 150 Å². The quantitative estimate of drug-likeness (QED) is 0.859. The number of nitrogens with one attached hydrogen (secondary N) is 1. The highest BCUT2D eigenvalue weighted by molar-refractivity contribution is 5.76. The van der Waals surface area contributed by atoms with Crippen molar-refractivity contribution >= 4 is 5.91 Å². The molecule has 2 aliphatic heterocycles.